The topological polar surface area (TPSA) is 42.1 Å². The molecule has 3 nitrogen and oxygen atoms in total. The lowest BCUT2D eigenvalue weighted by atomic mass is 10.1. The third-order valence-corrected chi connectivity index (χ3v) is 2.69. The van der Waals surface area contributed by atoms with E-state index < -0.39 is 0 Å². The third kappa shape index (κ3) is 1.81. The largest absolute Gasteiger partial charge is 0.465 e. The Labute approximate surface area is 94.4 Å². The molecule has 0 amide bonds. The standard InChI is InChI=1S/C13H15NO2/c1-8(2)11-6-9-4-5-10(13(15)16-3)7-12(9)14-11/h4-8,14H,1-3H3. The smallest absolute Gasteiger partial charge is 0.337 e. The van der Waals surface area contributed by atoms with Crippen molar-refractivity contribution in [3.8, 4) is 0 Å². The van der Waals surface area contributed by atoms with Gasteiger partial charge in [0, 0.05) is 11.2 Å². The molecular weight excluding hydrogens is 202 g/mol. The second kappa shape index (κ2) is 4.00. The summed E-state index contributed by atoms with van der Waals surface area (Å²) >= 11 is 0. The van der Waals surface area contributed by atoms with Crippen molar-refractivity contribution >= 4 is 16.9 Å². The van der Waals surface area contributed by atoms with Gasteiger partial charge < -0.3 is 9.72 Å². The van der Waals surface area contributed by atoms with E-state index in [0.29, 0.717) is 11.5 Å². The molecule has 0 aliphatic rings. The first kappa shape index (κ1) is 10.7. The van der Waals surface area contributed by atoms with E-state index in [-0.39, 0.29) is 5.97 Å². The van der Waals surface area contributed by atoms with Gasteiger partial charge in [0.05, 0.1) is 12.7 Å². The number of ether oxygens (including phenoxy) is 1. The van der Waals surface area contributed by atoms with Gasteiger partial charge in [0.15, 0.2) is 0 Å². The first-order valence-electron chi connectivity index (χ1n) is 5.33. The zero-order valence-corrected chi connectivity index (χ0v) is 9.70. The maximum Gasteiger partial charge on any atom is 0.337 e. The van der Waals surface area contributed by atoms with Crippen molar-refractivity contribution in [1.82, 2.24) is 4.98 Å². The predicted molar refractivity (Wildman–Crippen MR) is 63.7 cm³/mol. The molecule has 0 saturated carbocycles. The summed E-state index contributed by atoms with van der Waals surface area (Å²) in [6.07, 6.45) is 0. The number of esters is 1. The number of aromatic amines is 1. The van der Waals surface area contributed by atoms with Crippen LogP contribution in [0.2, 0.25) is 0 Å². The van der Waals surface area contributed by atoms with Crippen LogP contribution < -0.4 is 0 Å². The molecule has 3 heteroatoms. The fourth-order valence-electron chi connectivity index (χ4n) is 1.71. The third-order valence-electron chi connectivity index (χ3n) is 2.69. The summed E-state index contributed by atoms with van der Waals surface area (Å²) in [6, 6.07) is 7.66. The van der Waals surface area contributed by atoms with Crippen molar-refractivity contribution in [2.45, 2.75) is 19.8 Å². The van der Waals surface area contributed by atoms with Crippen LogP contribution in [-0.2, 0) is 4.74 Å². The molecule has 0 unspecified atom stereocenters. The SMILES string of the molecule is COC(=O)c1ccc2cc(C(C)C)[nH]c2c1. The van der Waals surface area contributed by atoms with Crippen LogP contribution in [0.1, 0.15) is 35.8 Å². The summed E-state index contributed by atoms with van der Waals surface area (Å²) in [6.45, 7) is 4.26. The number of rotatable bonds is 2. The van der Waals surface area contributed by atoms with Gasteiger partial charge >= 0.3 is 5.97 Å². The van der Waals surface area contributed by atoms with Gasteiger partial charge in [-0.2, -0.15) is 0 Å². The van der Waals surface area contributed by atoms with Crippen molar-refractivity contribution in [2.24, 2.45) is 0 Å². The van der Waals surface area contributed by atoms with Gasteiger partial charge in [-0.15, -0.1) is 0 Å². The molecular formula is C13H15NO2. The zero-order valence-electron chi connectivity index (χ0n) is 9.70. The van der Waals surface area contributed by atoms with Crippen LogP contribution in [0.4, 0.5) is 0 Å². The summed E-state index contributed by atoms with van der Waals surface area (Å²) in [5, 5.41) is 1.12. The Kier molecular flexibility index (Phi) is 2.69. The highest BCUT2D eigenvalue weighted by molar-refractivity contribution is 5.94. The Morgan fingerprint density at radius 1 is 1.31 bits per heavy atom. The van der Waals surface area contributed by atoms with Crippen LogP contribution >= 0.6 is 0 Å². The van der Waals surface area contributed by atoms with E-state index in [4.69, 9.17) is 0 Å². The molecule has 1 N–H and O–H groups in total. The first-order chi connectivity index (χ1) is 7.61. The van der Waals surface area contributed by atoms with Crippen LogP contribution in [0.3, 0.4) is 0 Å². The van der Waals surface area contributed by atoms with E-state index in [0.717, 1.165) is 10.9 Å². The Bertz CT molecular complexity index is 526. The van der Waals surface area contributed by atoms with Gasteiger partial charge in [0.2, 0.25) is 0 Å². The van der Waals surface area contributed by atoms with E-state index in [2.05, 4.69) is 29.6 Å². The van der Waals surface area contributed by atoms with E-state index in [9.17, 15) is 4.79 Å². The molecule has 0 spiro atoms. The molecule has 0 fully saturated rings. The molecule has 0 aliphatic carbocycles. The summed E-state index contributed by atoms with van der Waals surface area (Å²) in [7, 11) is 1.39. The lowest BCUT2D eigenvalue weighted by Gasteiger charge is -1.99. The van der Waals surface area contributed by atoms with Crippen LogP contribution in [0.15, 0.2) is 24.3 Å². The number of benzene rings is 1. The van der Waals surface area contributed by atoms with Gasteiger partial charge in [0.1, 0.15) is 0 Å². The minimum absolute atomic E-state index is 0.303. The molecule has 0 bridgehead atoms. The minimum Gasteiger partial charge on any atom is -0.465 e. The van der Waals surface area contributed by atoms with Crippen LogP contribution in [0.25, 0.3) is 10.9 Å². The number of hydrogen-bond acceptors (Lipinski definition) is 2. The van der Waals surface area contributed by atoms with Crippen molar-refractivity contribution in [1.29, 1.82) is 0 Å². The van der Waals surface area contributed by atoms with E-state index in [1.807, 2.05) is 12.1 Å². The lowest BCUT2D eigenvalue weighted by Crippen LogP contribution is -2.00. The Hall–Kier alpha value is -1.77. The molecule has 1 aromatic carbocycles. The number of carbonyl (C=O) groups is 1. The normalized spacial score (nSPS) is 11.0. The van der Waals surface area contributed by atoms with Crippen molar-refractivity contribution in [3.05, 3.63) is 35.5 Å². The Morgan fingerprint density at radius 2 is 2.06 bits per heavy atom. The summed E-state index contributed by atoms with van der Waals surface area (Å²) < 4.78 is 4.69. The molecule has 2 rings (SSSR count). The highest BCUT2D eigenvalue weighted by Gasteiger charge is 2.08. The molecule has 0 atom stereocenters. The Balaban J connectivity index is 2.49. The minimum atomic E-state index is -0.303. The summed E-state index contributed by atoms with van der Waals surface area (Å²) in [5.74, 6) is 0.150. The molecule has 16 heavy (non-hydrogen) atoms. The lowest BCUT2D eigenvalue weighted by molar-refractivity contribution is 0.0601. The van der Waals surface area contributed by atoms with E-state index in [1.165, 1.54) is 12.8 Å². The average Bonchev–Trinajstić information content (AvgIpc) is 2.70. The first-order valence-corrected chi connectivity index (χ1v) is 5.33. The van der Waals surface area contributed by atoms with Gasteiger partial charge in [0.25, 0.3) is 0 Å². The maximum atomic E-state index is 11.4. The second-order valence-electron chi connectivity index (χ2n) is 4.17. The van der Waals surface area contributed by atoms with Crippen LogP contribution in [-0.4, -0.2) is 18.1 Å². The van der Waals surface area contributed by atoms with E-state index in [1.54, 1.807) is 6.07 Å². The fourth-order valence-corrected chi connectivity index (χ4v) is 1.71. The van der Waals surface area contributed by atoms with Crippen molar-refractivity contribution in [3.63, 3.8) is 0 Å². The Morgan fingerprint density at radius 3 is 2.69 bits per heavy atom. The highest BCUT2D eigenvalue weighted by Crippen LogP contribution is 2.22. The number of H-pyrrole nitrogens is 1. The second-order valence-corrected chi connectivity index (χ2v) is 4.17. The number of aromatic nitrogens is 1. The van der Waals surface area contributed by atoms with E-state index >= 15 is 0 Å². The van der Waals surface area contributed by atoms with Crippen molar-refractivity contribution < 1.29 is 9.53 Å². The monoisotopic (exact) mass is 217 g/mol. The molecule has 1 aromatic heterocycles. The summed E-state index contributed by atoms with van der Waals surface area (Å²) in [4.78, 5) is 14.7. The quantitative estimate of drug-likeness (QED) is 0.785. The number of hydrogen-bond donors (Lipinski definition) is 1. The number of fused-ring (bicyclic) bond motifs is 1. The average molecular weight is 217 g/mol. The van der Waals surface area contributed by atoms with Gasteiger partial charge in [-0.1, -0.05) is 19.9 Å². The van der Waals surface area contributed by atoms with Gasteiger partial charge in [-0.05, 0) is 29.5 Å². The maximum absolute atomic E-state index is 11.4. The summed E-state index contributed by atoms with van der Waals surface area (Å²) in [5.41, 5.74) is 2.73. The van der Waals surface area contributed by atoms with Gasteiger partial charge in [-0.3, -0.25) is 0 Å². The highest BCUT2D eigenvalue weighted by atomic mass is 16.5. The number of nitrogens with one attached hydrogen (secondary N) is 1. The predicted octanol–water partition coefficient (Wildman–Crippen LogP) is 3.08. The number of methoxy groups -OCH3 is 1. The molecule has 84 valence electrons. The molecule has 1 heterocycles. The van der Waals surface area contributed by atoms with Crippen molar-refractivity contribution in [2.75, 3.05) is 7.11 Å². The van der Waals surface area contributed by atoms with Crippen LogP contribution in [0, 0.1) is 0 Å². The number of carbonyl (C=O) groups excluding carboxylic acids is 1. The molecule has 2 aromatic rings. The van der Waals surface area contributed by atoms with Gasteiger partial charge in [-0.25, -0.2) is 4.79 Å². The zero-order chi connectivity index (χ0) is 11.7. The molecule has 0 radical (unpaired) electrons. The molecule has 0 saturated heterocycles. The fraction of sp³-hybridized carbons (Fsp3) is 0.308. The van der Waals surface area contributed by atoms with Crippen LogP contribution in [0.5, 0.6) is 0 Å². The molecule has 0 aliphatic heterocycles.